The van der Waals surface area contributed by atoms with Gasteiger partial charge in [0.1, 0.15) is 0 Å². The van der Waals surface area contributed by atoms with Crippen LogP contribution in [-0.2, 0) is 4.74 Å². The maximum atomic E-state index is 5.74. The monoisotopic (exact) mass is 227 g/mol. The summed E-state index contributed by atoms with van der Waals surface area (Å²) in [5.74, 6) is 0. The second-order valence-electron chi connectivity index (χ2n) is 5.11. The summed E-state index contributed by atoms with van der Waals surface area (Å²) < 4.78 is 5.74. The van der Waals surface area contributed by atoms with Gasteiger partial charge in [-0.25, -0.2) is 0 Å². The van der Waals surface area contributed by atoms with Gasteiger partial charge in [-0.2, -0.15) is 0 Å². The molecule has 2 nitrogen and oxygen atoms in total. The van der Waals surface area contributed by atoms with Crippen LogP contribution in [0.15, 0.2) is 0 Å². The average Bonchev–Trinajstić information content (AvgIpc) is 2.53. The van der Waals surface area contributed by atoms with E-state index in [0.29, 0.717) is 6.10 Å². The molecule has 0 heterocycles. The Hall–Kier alpha value is -0.0800. The fourth-order valence-electron chi connectivity index (χ4n) is 2.50. The Kier molecular flexibility index (Phi) is 7.87. The average molecular weight is 227 g/mol. The van der Waals surface area contributed by atoms with Crippen molar-refractivity contribution in [3.05, 3.63) is 0 Å². The summed E-state index contributed by atoms with van der Waals surface area (Å²) in [6, 6.07) is 0.757. The maximum Gasteiger partial charge on any atom is 0.0594 e. The van der Waals surface area contributed by atoms with Crippen LogP contribution >= 0.6 is 0 Å². The van der Waals surface area contributed by atoms with Crippen molar-refractivity contribution in [2.24, 2.45) is 0 Å². The molecule has 0 bridgehead atoms. The van der Waals surface area contributed by atoms with Gasteiger partial charge in [-0.3, -0.25) is 0 Å². The lowest BCUT2D eigenvalue weighted by molar-refractivity contribution is 0.0603. The Labute approximate surface area is 101 Å². The molecule has 1 aliphatic rings. The summed E-state index contributed by atoms with van der Waals surface area (Å²) in [6.45, 7) is 6.29. The minimum Gasteiger partial charge on any atom is -0.377 e. The van der Waals surface area contributed by atoms with Gasteiger partial charge < -0.3 is 10.1 Å². The zero-order chi connectivity index (χ0) is 11.6. The lowest BCUT2D eigenvalue weighted by Gasteiger charge is -2.17. The van der Waals surface area contributed by atoms with Gasteiger partial charge in [0, 0.05) is 12.6 Å². The standard InChI is InChI=1S/C14H29NO/c1-3-8-13(2)16-12-11-15-14-9-6-4-5-7-10-14/h13-15H,3-12H2,1-2H3. The first-order valence-corrected chi connectivity index (χ1v) is 7.18. The van der Waals surface area contributed by atoms with Crippen LogP contribution in [0.4, 0.5) is 0 Å². The lowest BCUT2D eigenvalue weighted by Crippen LogP contribution is -2.32. The third-order valence-electron chi connectivity index (χ3n) is 3.49. The topological polar surface area (TPSA) is 21.3 Å². The Morgan fingerprint density at radius 1 is 1.19 bits per heavy atom. The van der Waals surface area contributed by atoms with Crippen molar-refractivity contribution in [3.63, 3.8) is 0 Å². The van der Waals surface area contributed by atoms with Gasteiger partial charge in [0.2, 0.25) is 0 Å². The van der Waals surface area contributed by atoms with E-state index in [1.165, 1.54) is 51.4 Å². The van der Waals surface area contributed by atoms with E-state index in [-0.39, 0.29) is 0 Å². The molecule has 0 saturated heterocycles. The van der Waals surface area contributed by atoms with Crippen molar-refractivity contribution in [3.8, 4) is 0 Å². The van der Waals surface area contributed by atoms with E-state index in [1.54, 1.807) is 0 Å². The molecule has 0 radical (unpaired) electrons. The van der Waals surface area contributed by atoms with Crippen molar-refractivity contribution in [1.82, 2.24) is 5.32 Å². The molecule has 1 unspecified atom stereocenters. The minimum atomic E-state index is 0.431. The molecule has 1 N–H and O–H groups in total. The van der Waals surface area contributed by atoms with E-state index in [1.807, 2.05) is 0 Å². The number of rotatable bonds is 7. The van der Waals surface area contributed by atoms with Crippen LogP contribution in [0.5, 0.6) is 0 Å². The van der Waals surface area contributed by atoms with E-state index >= 15 is 0 Å². The lowest BCUT2D eigenvalue weighted by atomic mass is 10.1. The molecule has 0 aliphatic heterocycles. The molecule has 0 aromatic heterocycles. The zero-order valence-corrected chi connectivity index (χ0v) is 11.1. The van der Waals surface area contributed by atoms with Crippen LogP contribution in [0.1, 0.15) is 65.2 Å². The Morgan fingerprint density at radius 2 is 1.88 bits per heavy atom. The quantitative estimate of drug-likeness (QED) is 0.531. The van der Waals surface area contributed by atoms with Crippen LogP contribution in [-0.4, -0.2) is 25.3 Å². The SMILES string of the molecule is CCCC(C)OCCNC1CCCCCC1. The normalized spacial score (nSPS) is 20.6. The van der Waals surface area contributed by atoms with Crippen LogP contribution < -0.4 is 5.32 Å². The van der Waals surface area contributed by atoms with Crippen molar-refractivity contribution in [2.75, 3.05) is 13.2 Å². The van der Waals surface area contributed by atoms with E-state index in [2.05, 4.69) is 19.2 Å². The van der Waals surface area contributed by atoms with Gasteiger partial charge in [0.05, 0.1) is 12.7 Å². The molecule has 1 atom stereocenters. The van der Waals surface area contributed by atoms with E-state index in [9.17, 15) is 0 Å². The highest BCUT2D eigenvalue weighted by molar-refractivity contribution is 4.70. The summed E-state index contributed by atoms with van der Waals surface area (Å²) >= 11 is 0. The van der Waals surface area contributed by atoms with Crippen LogP contribution in [0.2, 0.25) is 0 Å². The highest BCUT2D eigenvalue weighted by atomic mass is 16.5. The summed E-state index contributed by atoms with van der Waals surface area (Å²) in [4.78, 5) is 0. The van der Waals surface area contributed by atoms with Crippen LogP contribution in [0, 0.1) is 0 Å². The molecule has 1 rings (SSSR count). The van der Waals surface area contributed by atoms with Crippen molar-refractivity contribution in [1.29, 1.82) is 0 Å². The fourth-order valence-corrected chi connectivity index (χ4v) is 2.50. The molecule has 1 aliphatic carbocycles. The minimum absolute atomic E-state index is 0.431. The van der Waals surface area contributed by atoms with Crippen molar-refractivity contribution >= 4 is 0 Å². The Bertz CT molecular complexity index is 153. The molecule has 0 aromatic carbocycles. The largest absolute Gasteiger partial charge is 0.377 e. The molecule has 1 fully saturated rings. The first-order valence-electron chi connectivity index (χ1n) is 7.18. The van der Waals surface area contributed by atoms with Crippen molar-refractivity contribution < 1.29 is 4.74 Å². The highest BCUT2D eigenvalue weighted by Crippen LogP contribution is 2.16. The molecular weight excluding hydrogens is 198 g/mol. The summed E-state index contributed by atoms with van der Waals surface area (Å²) in [6.07, 6.45) is 11.2. The third-order valence-corrected chi connectivity index (χ3v) is 3.49. The summed E-state index contributed by atoms with van der Waals surface area (Å²) in [7, 11) is 0. The zero-order valence-electron chi connectivity index (χ0n) is 11.1. The Morgan fingerprint density at radius 3 is 2.50 bits per heavy atom. The molecule has 0 amide bonds. The molecule has 16 heavy (non-hydrogen) atoms. The maximum absolute atomic E-state index is 5.74. The molecular formula is C14H29NO. The smallest absolute Gasteiger partial charge is 0.0594 e. The highest BCUT2D eigenvalue weighted by Gasteiger charge is 2.10. The first-order chi connectivity index (χ1) is 7.83. The predicted molar refractivity (Wildman–Crippen MR) is 69.8 cm³/mol. The van der Waals surface area contributed by atoms with E-state index in [4.69, 9.17) is 4.74 Å². The second-order valence-corrected chi connectivity index (χ2v) is 5.11. The van der Waals surface area contributed by atoms with Gasteiger partial charge in [-0.05, 0) is 26.2 Å². The number of hydrogen-bond donors (Lipinski definition) is 1. The van der Waals surface area contributed by atoms with Crippen LogP contribution in [0.3, 0.4) is 0 Å². The number of hydrogen-bond acceptors (Lipinski definition) is 2. The number of nitrogens with one attached hydrogen (secondary N) is 1. The van der Waals surface area contributed by atoms with Crippen LogP contribution in [0.25, 0.3) is 0 Å². The van der Waals surface area contributed by atoms with E-state index < -0.39 is 0 Å². The van der Waals surface area contributed by atoms with Crippen molar-refractivity contribution in [2.45, 2.75) is 77.4 Å². The molecule has 96 valence electrons. The third kappa shape index (κ3) is 6.49. The van der Waals surface area contributed by atoms with E-state index in [0.717, 1.165) is 19.2 Å². The number of ether oxygens (including phenoxy) is 1. The molecule has 2 heteroatoms. The molecule has 1 saturated carbocycles. The van der Waals surface area contributed by atoms with Gasteiger partial charge in [-0.15, -0.1) is 0 Å². The predicted octanol–water partition coefficient (Wildman–Crippen LogP) is 3.50. The van der Waals surface area contributed by atoms with Gasteiger partial charge in [-0.1, -0.05) is 39.0 Å². The Balaban J connectivity index is 1.97. The first kappa shape index (κ1) is 14.0. The second kappa shape index (κ2) is 9.00. The van der Waals surface area contributed by atoms with Gasteiger partial charge >= 0.3 is 0 Å². The summed E-state index contributed by atoms with van der Waals surface area (Å²) in [5.41, 5.74) is 0. The molecule has 0 aromatic rings. The van der Waals surface area contributed by atoms with Gasteiger partial charge in [0.15, 0.2) is 0 Å². The summed E-state index contributed by atoms with van der Waals surface area (Å²) in [5, 5.41) is 3.63. The van der Waals surface area contributed by atoms with Gasteiger partial charge in [0.25, 0.3) is 0 Å². The molecule has 0 spiro atoms. The fraction of sp³-hybridized carbons (Fsp3) is 1.00.